The maximum Gasteiger partial charge on any atom is 0.241 e. The van der Waals surface area contributed by atoms with Crippen molar-refractivity contribution in [3.05, 3.63) is 0 Å². The number of rotatable bonds is 5. The highest BCUT2D eigenvalue weighted by molar-refractivity contribution is 5.89. The van der Waals surface area contributed by atoms with Gasteiger partial charge in [-0.05, 0) is 32.6 Å². The average molecular weight is 282 g/mol. The number of amides is 1. The molecule has 0 aliphatic heterocycles. The van der Waals surface area contributed by atoms with Gasteiger partial charge in [0.1, 0.15) is 5.54 Å². The van der Waals surface area contributed by atoms with Crippen LogP contribution in [0.1, 0.15) is 59.8 Å². The van der Waals surface area contributed by atoms with Crippen LogP contribution in [0.15, 0.2) is 0 Å². The van der Waals surface area contributed by atoms with E-state index in [1.165, 1.54) is 25.7 Å². The molecule has 0 bridgehead atoms. The van der Waals surface area contributed by atoms with E-state index >= 15 is 0 Å². The molecule has 20 heavy (non-hydrogen) atoms. The fourth-order valence-electron chi connectivity index (χ4n) is 3.73. The third-order valence-electron chi connectivity index (χ3n) is 5.70. The number of hydrogen-bond acceptors (Lipinski definition) is 3. The van der Waals surface area contributed by atoms with E-state index in [1.807, 2.05) is 20.8 Å². The average Bonchev–Trinajstić information content (AvgIpc) is 2.92. The first-order valence-corrected chi connectivity index (χ1v) is 8.04. The lowest BCUT2D eigenvalue weighted by Crippen LogP contribution is -2.76. The van der Waals surface area contributed by atoms with Gasteiger partial charge in [-0.3, -0.25) is 4.79 Å². The first-order chi connectivity index (χ1) is 9.33. The van der Waals surface area contributed by atoms with Crippen molar-refractivity contribution in [2.75, 3.05) is 6.61 Å². The highest BCUT2D eigenvalue weighted by Gasteiger charge is 2.63. The first kappa shape index (κ1) is 15.8. The molecule has 2 fully saturated rings. The minimum atomic E-state index is -0.792. The van der Waals surface area contributed by atoms with E-state index in [2.05, 4.69) is 12.2 Å². The third kappa shape index (κ3) is 2.48. The Morgan fingerprint density at radius 2 is 2.00 bits per heavy atom. The van der Waals surface area contributed by atoms with Crippen molar-refractivity contribution < 1.29 is 9.53 Å². The van der Waals surface area contributed by atoms with Crippen LogP contribution >= 0.6 is 0 Å². The summed E-state index contributed by atoms with van der Waals surface area (Å²) in [5.74, 6) is 0.617. The van der Waals surface area contributed by atoms with Crippen LogP contribution in [0.25, 0.3) is 0 Å². The van der Waals surface area contributed by atoms with Gasteiger partial charge in [-0.2, -0.15) is 0 Å². The number of carbonyl (C=O) groups excluding carboxylic acids is 1. The van der Waals surface area contributed by atoms with E-state index in [0.29, 0.717) is 18.9 Å². The predicted molar refractivity (Wildman–Crippen MR) is 80.3 cm³/mol. The Bertz CT molecular complexity index is 363. The summed E-state index contributed by atoms with van der Waals surface area (Å²) in [7, 11) is 0. The largest absolute Gasteiger partial charge is 0.378 e. The van der Waals surface area contributed by atoms with E-state index in [1.54, 1.807) is 0 Å². The van der Waals surface area contributed by atoms with Gasteiger partial charge in [0.05, 0.1) is 6.10 Å². The molecule has 2 aliphatic rings. The van der Waals surface area contributed by atoms with Crippen molar-refractivity contribution in [1.82, 2.24) is 5.32 Å². The molecule has 0 heterocycles. The summed E-state index contributed by atoms with van der Waals surface area (Å²) in [5, 5.41) is 3.16. The van der Waals surface area contributed by atoms with Crippen molar-refractivity contribution in [3.8, 4) is 0 Å². The van der Waals surface area contributed by atoms with Gasteiger partial charge < -0.3 is 15.8 Å². The maximum absolute atomic E-state index is 12.6. The second kappa shape index (κ2) is 5.64. The van der Waals surface area contributed by atoms with Gasteiger partial charge in [0.2, 0.25) is 5.91 Å². The fourth-order valence-corrected chi connectivity index (χ4v) is 3.73. The van der Waals surface area contributed by atoms with Crippen molar-refractivity contribution >= 4 is 5.91 Å². The van der Waals surface area contributed by atoms with E-state index < -0.39 is 5.54 Å². The van der Waals surface area contributed by atoms with Gasteiger partial charge in [-0.1, -0.05) is 26.7 Å². The molecule has 4 heteroatoms. The van der Waals surface area contributed by atoms with Crippen LogP contribution in [0.5, 0.6) is 0 Å². The van der Waals surface area contributed by atoms with Crippen LogP contribution in [0.4, 0.5) is 0 Å². The van der Waals surface area contributed by atoms with E-state index in [9.17, 15) is 4.79 Å². The van der Waals surface area contributed by atoms with Crippen LogP contribution in [-0.4, -0.2) is 30.2 Å². The predicted octanol–water partition coefficient (Wildman–Crippen LogP) is 2.21. The van der Waals surface area contributed by atoms with Gasteiger partial charge in [0, 0.05) is 24.5 Å². The number of hydrogen-bond donors (Lipinski definition) is 2. The Kier molecular flexibility index (Phi) is 4.45. The molecule has 2 unspecified atom stereocenters. The van der Waals surface area contributed by atoms with Gasteiger partial charge in [-0.25, -0.2) is 0 Å². The van der Waals surface area contributed by atoms with Gasteiger partial charge >= 0.3 is 0 Å². The quantitative estimate of drug-likeness (QED) is 0.812. The smallest absolute Gasteiger partial charge is 0.241 e. The molecule has 0 radical (unpaired) electrons. The minimum absolute atomic E-state index is 0.00199. The van der Waals surface area contributed by atoms with E-state index in [-0.39, 0.29) is 23.5 Å². The Balaban J connectivity index is 1.95. The molecule has 0 aromatic carbocycles. The molecule has 3 N–H and O–H groups in total. The number of nitrogens with two attached hydrogens (primary N) is 1. The topological polar surface area (TPSA) is 64.3 Å². The van der Waals surface area contributed by atoms with Crippen LogP contribution < -0.4 is 11.1 Å². The standard InChI is InChI=1S/C16H30N2O2/c1-5-20-13-10-16(17,15(13,3)4)14(19)18-11(2)12-8-6-7-9-12/h11-13H,5-10,17H2,1-4H3,(H,18,19)/t11-,13?,16?/m0/s1. The summed E-state index contributed by atoms with van der Waals surface area (Å²) in [6.45, 7) is 8.84. The molecule has 1 amide bonds. The third-order valence-corrected chi connectivity index (χ3v) is 5.70. The zero-order valence-electron chi connectivity index (χ0n) is 13.4. The molecule has 116 valence electrons. The first-order valence-electron chi connectivity index (χ1n) is 8.04. The lowest BCUT2D eigenvalue weighted by molar-refractivity contribution is -0.171. The van der Waals surface area contributed by atoms with Crippen molar-refractivity contribution in [3.63, 3.8) is 0 Å². The van der Waals surface area contributed by atoms with Gasteiger partial charge in [0.15, 0.2) is 0 Å². The number of carbonyl (C=O) groups is 1. The summed E-state index contributed by atoms with van der Waals surface area (Å²) < 4.78 is 5.68. The SMILES string of the molecule is CCOC1CC(N)(C(=O)N[C@@H](C)C2CCCC2)C1(C)C. The minimum Gasteiger partial charge on any atom is -0.378 e. The second-order valence-corrected chi connectivity index (χ2v) is 7.15. The van der Waals surface area contributed by atoms with Gasteiger partial charge in [-0.15, -0.1) is 0 Å². The summed E-state index contributed by atoms with van der Waals surface area (Å²) in [5.41, 5.74) is 5.30. The second-order valence-electron chi connectivity index (χ2n) is 7.15. The van der Waals surface area contributed by atoms with Crippen LogP contribution in [0.3, 0.4) is 0 Å². The molecular formula is C16H30N2O2. The molecule has 0 saturated heterocycles. The van der Waals surface area contributed by atoms with Crippen molar-refractivity contribution in [2.45, 2.75) is 77.5 Å². The van der Waals surface area contributed by atoms with Crippen LogP contribution in [0, 0.1) is 11.3 Å². The summed E-state index contributed by atoms with van der Waals surface area (Å²) >= 11 is 0. The van der Waals surface area contributed by atoms with E-state index in [0.717, 1.165) is 0 Å². The normalized spacial score (nSPS) is 34.5. The molecule has 2 aliphatic carbocycles. The molecule has 2 rings (SSSR count). The lowest BCUT2D eigenvalue weighted by atomic mass is 9.54. The molecule has 2 saturated carbocycles. The molecule has 0 spiro atoms. The Labute approximate surface area is 122 Å². The highest BCUT2D eigenvalue weighted by atomic mass is 16.5. The Hall–Kier alpha value is -0.610. The zero-order valence-corrected chi connectivity index (χ0v) is 13.4. The van der Waals surface area contributed by atoms with Gasteiger partial charge in [0.25, 0.3) is 0 Å². The molecule has 4 nitrogen and oxygen atoms in total. The van der Waals surface area contributed by atoms with Crippen LogP contribution in [0.2, 0.25) is 0 Å². The van der Waals surface area contributed by atoms with E-state index in [4.69, 9.17) is 10.5 Å². The molecular weight excluding hydrogens is 252 g/mol. The monoisotopic (exact) mass is 282 g/mol. The zero-order chi connectivity index (χ0) is 15.0. The Morgan fingerprint density at radius 3 is 2.50 bits per heavy atom. The summed E-state index contributed by atoms with van der Waals surface area (Å²) in [6.07, 6.45) is 5.74. The number of ether oxygens (including phenoxy) is 1. The van der Waals surface area contributed by atoms with Crippen molar-refractivity contribution in [1.29, 1.82) is 0 Å². The molecule has 0 aromatic rings. The number of nitrogens with one attached hydrogen (secondary N) is 1. The van der Waals surface area contributed by atoms with Crippen LogP contribution in [-0.2, 0) is 9.53 Å². The summed E-state index contributed by atoms with van der Waals surface area (Å²) in [6, 6.07) is 0.229. The molecule has 3 atom stereocenters. The lowest BCUT2D eigenvalue weighted by Gasteiger charge is -2.57. The summed E-state index contributed by atoms with van der Waals surface area (Å²) in [4.78, 5) is 12.6. The highest BCUT2D eigenvalue weighted by Crippen LogP contribution is 2.50. The Morgan fingerprint density at radius 1 is 1.40 bits per heavy atom. The molecule has 0 aromatic heterocycles. The fraction of sp³-hybridized carbons (Fsp3) is 0.938. The maximum atomic E-state index is 12.6. The van der Waals surface area contributed by atoms with Crippen molar-refractivity contribution in [2.24, 2.45) is 17.1 Å².